The molecule has 0 fully saturated rings. The molecule has 0 saturated carbocycles. The molecule has 3 nitrogen and oxygen atoms in total. The molecule has 0 radical (unpaired) electrons. The maximum absolute atomic E-state index is 12.0. The van der Waals surface area contributed by atoms with E-state index in [0.717, 1.165) is 35.1 Å². The van der Waals surface area contributed by atoms with Gasteiger partial charge in [0.15, 0.2) is 5.78 Å². The average molecular weight is 230 g/mol. The van der Waals surface area contributed by atoms with Crippen molar-refractivity contribution in [1.29, 1.82) is 0 Å². The van der Waals surface area contributed by atoms with E-state index in [0.29, 0.717) is 6.42 Å². The summed E-state index contributed by atoms with van der Waals surface area (Å²) in [7, 11) is 0. The van der Waals surface area contributed by atoms with E-state index >= 15 is 0 Å². The molecule has 0 aliphatic heterocycles. The molecule has 0 aliphatic carbocycles. The van der Waals surface area contributed by atoms with Crippen LogP contribution >= 0.6 is 0 Å². The number of Topliss-reactive ketones (excluding diaryl/α,β-unsaturated/α-hetero) is 1. The van der Waals surface area contributed by atoms with Crippen LogP contribution in [0.1, 0.15) is 42.6 Å². The lowest BCUT2D eigenvalue weighted by Gasteiger charge is -2.06. The number of hydrogen-bond acceptors (Lipinski definition) is 2. The molecular formula is C14H18N2O. The second-order valence-electron chi connectivity index (χ2n) is 4.36. The second kappa shape index (κ2) is 4.70. The van der Waals surface area contributed by atoms with E-state index in [9.17, 15) is 4.79 Å². The molecule has 0 aliphatic rings. The average Bonchev–Trinajstić information content (AvgIpc) is 2.70. The molecule has 1 aromatic carbocycles. The van der Waals surface area contributed by atoms with Crippen LogP contribution in [0.4, 0.5) is 0 Å². The van der Waals surface area contributed by atoms with Gasteiger partial charge >= 0.3 is 0 Å². The maximum Gasteiger partial charge on any atom is 0.163 e. The highest BCUT2D eigenvalue weighted by molar-refractivity contribution is 6.00. The van der Waals surface area contributed by atoms with Crippen LogP contribution in [0.2, 0.25) is 0 Å². The Balaban J connectivity index is 2.53. The van der Waals surface area contributed by atoms with Gasteiger partial charge in [-0.3, -0.25) is 4.79 Å². The van der Waals surface area contributed by atoms with Crippen LogP contribution in [-0.4, -0.2) is 15.3 Å². The molecule has 0 amide bonds. The number of hydrogen-bond donors (Lipinski definition) is 0. The van der Waals surface area contributed by atoms with Gasteiger partial charge in [-0.05, 0) is 38.0 Å². The lowest BCUT2D eigenvalue weighted by Crippen LogP contribution is -2.01. The van der Waals surface area contributed by atoms with Gasteiger partial charge in [0.1, 0.15) is 0 Å². The van der Waals surface area contributed by atoms with Crippen LogP contribution in [0.3, 0.4) is 0 Å². The van der Waals surface area contributed by atoms with Gasteiger partial charge in [0.25, 0.3) is 0 Å². The summed E-state index contributed by atoms with van der Waals surface area (Å²) in [4.78, 5) is 16.3. The van der Waals surface area contributed by atoms with E-state index in [-0.39, 0.29) is 5.78 Å². The highest BCUT2D eigenvalue weighted by atomic mass is 16.1. The third-order valence-corrected chi connectivity index (χ3v) is 3.09. The third-order valence-electron chi connectivity index (χ3n) is 3.09. The topological polar surface area (TPSA) is 34.9 Å². The van der Waals surface area contributed by atoms with E-state index in [2.05, 4.69) is 22.5 Å². The number of aromatic nitrogens is 2. The van der Waals surface area contributed by atoms with Gasteiger partial charge in [0.2, 0.25) is 0 Å². The Bertz CT molecular complexity index is 555. The summed E-state index contributed by atoms with van der Waals surface area (Å²) in [6.45, 7) is 7.01. The normalized spacial score (nSPS) is 11.0. The van der Waals surface area contributed by atoms with E-state index < -0.39 is 0 Å². The van der Waals surface area contributed by atoms with Crippen molar-refractivity contribution >= 4 is 16.8 Å². The number of fused-ring (bicyclic) bond motifs is 1. The van der Waals surface area contributed by atoms with Gasteiger partial charge in [-0.25, -0.2) is 4.98 Å². The first kappa shape index (κ1) is 11.8. The van der Waals surface area contributed by atoms with Crippen molar-refractivity contribution < 1.29 is 4.79 Å². The van der Waals surface area contributed by atoms with E-state index in [4.69, 9.17) is 0 Å². The highest BCUT2D eigenvalue weighted by Gasteiger charge is 2.11. The standard InChI is InChI=1S/C14H18N2O/c1-4-6-14(17)11-8-12-13(7-10(11)3)16(5-2)9-15-12/h7-9H,4-6H2,1-3H3. The number of aryl methyl sites for hydroxylation is 2. The van der Waals surface area contributed by atoms with Crippen molar-refractivity contribution in [3.8, 4) is 0 Å². The molecule has 0 saturated heterocycles. The minimum Gasteiger partial charge on any atom is -0.331 e. The third kappa shape index (κ3) is 2.09. The number of rotatable bonds is 4. The van der Waals surface area contributed by atoms with E-state index in [1.165, 1.54) is 0 Å². The lowest BCUT2D eigenvalue weighted by atomic mass is 10.0. The predicted octanol–water partition coefficient (Wildman–Crippen LogP) is 3.35. The summed E-state index contributed by atoms with van der Waals surface area (Å²) < 4.78 is 2.09. The van der Waals surface area contributed by atoms with Gasteiger partial charge in [-0.15, -0.1) is 0 Å². The zero-order valence-electron chi connectivity index (χ0n) is 10.7. The second-order valence-corrected chi connectivity index (χ2v) is 4.36. The largest absolute Gasteiger partial charge is 0.331 e. The fourth-order valence-corrected chi connectivity index (χ4v) is 2.12. The minimum absolute atomic E-state index is 0.220. The SMILES string of the molecule is CCCC(=O)c1cc2ncn(CC)c2cc1C. The summed E-state index contributed by atoms with van der Waals surface area (Å²) in [6, 6.07) is 3.99. The molecule has 90 valence electrons. The molecule has 1 aromatic heterocycles. The molecule has 0 unspecified atom stereocenters. The fourth-order valence-electron chi connectivity index (χ4n) is 2.12. The van der Waals surface area contributed by atoms with Gasteiger partial charge < -0.3 is 4.57 Å². The van der Waals surface area contributed by atoms with Crippen molar-refractivity contribution in [1.82, 2.24) is 9.55 Å². The van der Waals surface area contributed by atoms with Crippen molar-refractivity contribution in [2.24, 2.45) is 0 Å². The summed E-state index contributed by atoms with van der Waals surface area (Å²) in [5.41, 5.74) is 3.89. The lowest BCUT2D eigenvalue weighted by molar-refractivity contribution is 0.0981. The zero-order chi connectivity index (χ0) is 12.4. The molecule has 17 heavy (non-hydrogen) atoms. The Morgan fingerprint density at radius 2 is 2.12 bits per heavy atom. The van der Waals surface area contributed by atoms with Crippen molar-refractivity contribution in [2.45, 2.75) is 40.2 Å². The number of imidazole rings is 1. The van der Waals surface area contributed by atoms with Crippen molar-refractivity contribution in [3.63, 3.8) is 0 Å². The molecule has 0 N–H and O–H groups in total. The summed E-state index contributed by atoms with van der Waals surface area (Å²) in [5.74, 6) is 0.220. The predicted molar refractivity (Wildman–Crippen MR) is 69.4 cm³/mol. The van der Waals surface area contributed by atoms with Crippen LogP contribution in [0.5, 0.6) is 0 Å². The number of benzene rings is 1. The zero-order valence-corrected chi connectivity index (χ0v) is 10.7. The minimum atomic E-state index is 0.220. The smallest absolute Gasteiger partial charge is 0.163 e. The van der Waals surface area contributed by atoms with Crippen LogP contribution in [0.25, 0.3) is 11.0 Å². The number of ketones is 1. The molecule has 3 heteroatoms. The van der Waals surface area contributed by atoms with Crippen LogP contribution in [0.15, 0.2) is 18.5 Å². The van der Waals surface area contributed by atoms with Crippen molar-refractivity contribution in [2.75, 3.05) is 0 Å². The van der Waals surface area contributed by atoms with Gasteiger partial charge in [0, 0.05) is 18.5 Å². The monoisotopic (exact) mass is 230 g/mol. The molecule has 0 spiro atoms. The van der Waals surface area contributed by atoms with Crippen LogP contribution < -0.4 is 0 Å². The fraction of sp³-hybridized carbons (Fsp3) is 0.429. The molecule has 0 bridgehead atoms. The maximum atomic E-state index is 12.0. The molecule has 2 aromatic rings. The van der Waals surface area contributed by atoms with E-state index in [1.807, 2.05) is 26.2 Å². The van der Waals surface area contributed by atoms with Crippen LogP contribution in [-0.2, 0) is 6.54 Å². The molecule has 2 rings (SSSR count). The Labute approximate surface area is 101 Å². The molecule has 1 heterocycles. The highest BCUT2D eigenvalue weighted by Crippen LogP contribution is 2.20. The van der Waals surface area contributed by atoms with Crippen molar-refractivity contribution in [3.05, 3.63) is 29.6 Å². The Hall–Kier alpha value is -1.64. The first-order valence-corrected chi connectivity index (χ1v) is 6.16. The summed E-state index contributed by atoms with van der Waals surface area (Å²) in [6.07, 6.45) is 3.33. The summed E-state index contributed by atoms with van der Waals surface area (Å²) >= 11 is 0. The first-order chi connectivity index (χ1) is 8.17. The summed E-state index contributed by atoms with van der Waals surface area (Å²) in [5, 5.41) is 0. The Kier molecular flexibility index (Phi) is 3.27. The Morgan fingerprint density at radius 3 is 2.76 bits per heavy atom. The molecule has 0 atom stereocenters. The van der Waals surface area contributed by atoms with Gasteiger partial charge in [-0.1, -0.05) is 6.92 Å². The Morgan fingerprint density at radius 1 is 1.35 bits per heavy atom. The number of carbonyl (C=O) groups excluding carboxylic acids is 1. The quantitative estimate of drug-likeness (QED) is 0.755. The number of nitrogens with zero attached hydrogens (tertiary/aromatic N) is 2. The first-order valence-electron chi connectivity index (χ1n) is 6.16. The van der Waals surface area contributed by atoms with Crippen LogP contribution in [0, 0.1) is 6.92 Å². The number of carbonyl (C=O) groups is 1. The molecular weight excluding hydrogens is 212 g/mol. The van der Waals surface area contributed by atoms with Gasteiger partial charge in [-0.2, -0.15) is 0 Å². The van der Waals surface area contributed by atoms with E-state index in [1.54, 1.807) is 0 Å². The van der Waals surface area contributed by atoms with Gasteiger partial charge in [0.05, 0.1) is 17.4 Å².